The van der Waals surface area contributed by atoms with Crippen molar-refractivity contribution in [3.8, 4) is 22.5 Å². The van der Waals surface area contributed by atoms with E-state index in [9.17, 15) is 0 Å². The molecule has 0 unspecified atom stereocenters. The Labute approximate surface area is 231 Å². The largest absolute Gasteiger partial charge is 0.317 e. The summed E-state index contributed by atoms with van der Waals surface area (Å²) in [5.41, 5.74) is 9.42. The molecule has 0 radical (unpaired) electrons. The molecular weight excluding hydrogens is 486 g/mol. The number of hydrogen-bond acceptors (Lipinski definition) is 0. The Balaban J connectivity index is 1.57. The van der Waals surface area contributed by atoms with Crippen LogP contribution in [0.4, 0.5) is 5.69 Å². The van der Waals surface area contributed by atoms with Crippen molar-refractivity contribution in [3.63, 3.8) is 0 Å². The van der Waals surface area contributed by atoms with Crippen LogP contribution in [0.5, 0.6) is 0 Å². The molecule has 0 atom stereocenters. The Bertz CT molecular complexity index is 2220. The van der Waals surface area contributed by atoms with Crippen LogP contribution < -0.4 is 0 Å². The molecule has 0 saturated heterocycles. The highest BCUT2D eigenvalue weighted by molar-refractivity contribution is 6.15. The van der Waals surface area contributed by atoms with Crippen LogP contribution in [0.25, 0.3) is 71.0 Å². The fraction of sp³-hybridized carbons (Fsp3) is 0. The van der Waals surface area contributed by atoms with Crippen molar-refractivity contribution in [1.29, 1.82) is 0 Å². The summed E-state index contributed by atoms with van der Waals surface area (Å²) in [6, 6.07) is 48.9. The van der Waals surface area contributed by atoms with Crippen LogP contribution in [0.3, 0.4) is 0 Å². The molecule has 6 aromatic carbocycles. The van der Waals surface area contributed by atoms with E-state index in [-0.39, 0.29) is 0 Å². The van der Waals surface area contributed by atoms with Gasteiger partial charge in [-0.2, -0.15) is 0 Å². The van der Waals surface area contributed by atoms with Crippen LogP contribution in [-0.2, 0) is 0 Å². The second-order valence-electron chi connectivity index (χ2n) is 10.1. The average molecular weight is 510 g/mol. The van der Waals surface area contributed by atoms with Crippen molar-refractivity contribution in [1.82, 2.24) is 9.13 Å². The standard InChI is InChI=1S/C37H23N3/c1-38-31-17-7-10-20-34(31)40-36-24-26(25-12-3-2-4-13-25)22-23-29(36)30-16-11-21-35(37(30)40)39-32-18-8-5-14-27(32)28-15-6-9-19-33(28)39/h2-24H. The van der Waals surface area contributed by atoms with Gasteiger partial charge in [0.25, 0.3) is 0 Å². The van der Waals surface area contributed by atoms with Gasteiger partial charge in [0.2, 0.25) is 5.69 Å². The van der Waals surface area contributed by atoms with Gasteiger partial charge in [0, 0.05) is 21.5 Å². The number of benzene rings is 6. The Morgan fingerprint density at radius 3 is 1.77 bits per heavy atom. The van der Waals surface area contributed by atoms with Gasteiger partial charge >= 0.3 is 0 Å². The highest BCUT2D eigenvalue weighted by atomic mass is 15.1. The normalized spacial score (nSPS) is 11.5. The van der Waals surface area contributed by atoms with E-state index in [2.05, 4.69) is 129 Å². The summed E-state index contributed by atoms with van der Waals surface area (Å²) in [7, 11) is 0. The van der Waals surface area contributed by atoms with Crippen LogP contribution in [0, 0.1) is 6.57 Å². The topological polar surface area (TPSA) is 14.2 Å². The third kappa shape index (κ3) is 3.17. The molecule has 2 heterocycles. The lowest BCUT2D eigenvalue weighted by Crippen LogP contribution is -2.00. The number of para-hydroxylation sites is 5. The van der Waals surface area contributed by atoms with E-state index in [0.717, 1.165) is 49.8 Å². The van der Waals surface area contributed by atoms with Gasteiger partial charge in [0.15, 0.2) is 0 Å². The molecule has 0 aliphatic carbocycles. The Morgan fingerprint density at radius 2 is 1.02 bits per heavy atom. The third-order valence-corrected chi connectivity index (χ3v) is 7.94. The van der Waals surface area contributed by atoms with Crippen molar-refractivity contribution in [2.45, 2.75) is 0 Å². The number of aromatic nitrogens is 2. The SMILES string of the molecule is [C-]#[N+]c1ccccc1-n1c2cc(-c3ccccc3)ccc2c2cccc(-n3c4ccccc4c4ccccc43)c21. The maximum Gasteiger partial charge on any atom is 0.210 e. The molecule has 40 heavy (non-hydrogen) atoms. The van der Waals surface area contributed by atoms with E-state index >= 15 is 0 Å². The molecule has 2 aromatic heterocycles. The average Bonchev–Trinajstić information content (AvgIpc) is 3.54. The van der Waals surface area contributed by atoms with Gasteiger partial charge < -0.3 is 9.13 Å². The van der Waals surface area contributed by atoms with Crippen molar-refractivity contribution < 1.29 is 0 Å². The highest BCUT2D eigenvalue weighted by Crippen LogP contribution is 2.42. The molecule has 0 fully saturated rings. The summed E-state index contributed by atoms with van der Waals surface area (Å²) in [6.45, 7) is 8.00. The van der Waals surface area contributed by atoms with Crippen molar-refractivity contribution in [2.75, 3.05) is 0 Å². The van der Waals surface area contributed by atoms with Crippen molar-refractivity contribution >= 4 is 49.3 Å². The zero-order chi connectivity index (χ0) is 26.6. The molecule has 0 saturated carbocycles. The van der Waals surface area contributed by atoms with Gasteiger partial charge in [-0.15, -0.1) is 0 Å². The van der Waals surface area contributed by atoms with Crippen LogP contribution in [0.1, 0.15) is 0 Å². The summed E-state index contributed by atoms with van der Waals surface area (Å²) >= 11 is 0. The maximum absolute atomic E-state index is 8.00. The quantitative estimate of drug-likeness (QED) is 0.210. The number of rotatable bonds is 3. The van der Waals surface area contributed by atoms with Gasteiger partial charge in [-0.25, -0.2) is 4.85 Å². The maximum atomic E-state index is 8.00. The Kier molecular flexibility index (Phi) is 4.89. The highest BCUT2D eigenvalue weighted by Gasteiger charge is 2.21. The van der Waals surface area contributed by atoms with E-state index in [1.807, 2.05) is 24.3 Å². The Hall–Kier alpha value is -5.59. The molecule has 0 aliphatic heterocycles. The van der Waals surface area contributed by atoms with Gasteiger partial charge in [0.1, 0.15) is 0 Å². The first kappa shape index (κ1) is 22.4. The minimum atomic E-state index is 0.628. The number of hydrogen-bond donors (Lipinski definition) is 0. The monoisotopic (exact) mass is 509 g/mol. The first-order valence-electron chi connectivity index (χ1n) is 13.4. The van der Waals surface area contributed by atoms with Crippen molar-refractivity contribution in [2.24, 2.45) is 0 Å². The molecule has 0 bridgehead atoms. The fourth-order valence-electron chi connectivity index (χ4n) is 6.22. The first-order chi connectivity index (χ1) is 19.8. The summed E-state index contributed by atoms with van der Waals surface area (Å²) in [5, 5.41) is 4.78. The zero-order valence-corrected chi connectivity index (χ0v) is 21.6. The predicted molar refractivity (Wildman–Crippen MR) is 167 cm³/mol. The van der Waals surface area contributed by atoms with Gasteiger partial charge in [-0.1, -0.05) is 109 Å². The van der Waals surface area contributed by atoms with E-state index in [0.29, 0.717) is 5.69 Å². The van der Waals surface area contributed by atoms with Crippen LogP contribution >= 0.6 is 0 Å². The van der Waals surface area contributed by atoms with E-state index in [4.69, 9.17) is 6.57 Å². The summed E-state index contributed by atoms with van der Waals surface area (Å²) in [6.07, 6.45) is 0. The molecule has 186 valence electrons. The first-order valence-corrected chi connectivity index (χ1v) is 13.4. The molecule has 3 nitrogen and oxygen atoms in total. The van der Waals surface area contributed by atoms with E-state index < -0.39 is 0 Å². The van der Waals surface area contributed by atoms with Gasteiger partial charge in [-0.05, 0) is 41.5 Å². The van der Waals surface area contributed by atoms with E-state index in [1.54, 1.807) is 0 Å². The second-order valence-corrected chi connectivity index (χ2v) is 10.1. The smallest absolute Gasteiger partial charge is 0.210 e. The van der Waals surface area contributed by atoms with Gasteiger partial charge in [0.05, 0.1) is 40.0 Å². The molecule has 8 rings (SSSR count). The lowest BCUT2D eigenvalue weighted by Gasteiger charge is -2.15. The molecule has 0 amide bonds. The van der Waals surface area contributed by atoms with Gasteiger partial charge in [-0.3, -0.25) is 0 Å². The van der Waals surface area contributed by atoms with Crippen LogP contribution in [-0.4, -0.2) is 9.13 Å². The number of nitrogens with zero attached hydrogens (tertiary/aromatic N) is 3. The molecule has 0 spiro atoms. The molecule has 0 N–H and O–H groups in total. The molecular formula is C37H23N3. The minimum absolute atomic E-state index is 0.628. The third-order valence-electron chi connectivity index (χ3n) is 7.94. The minimum Gasteiger partial charge on any atom is -0.317 e. The lowest BCUT2D eigenvalue weighted by molar-refractivity contribution is 1.13. The lowest BCUT2D eigenvalue weighted by atomic mass is 10.0. The predicted octanol–water partition coefficient (Wildman–Crippen LogP) is 10.1. The van der Waals surface area contributed by atoms with E-state index in [1.165, 1.54) is 16.3 Å². The molecule has 8 aromatic rings. The van der Waals surface area contributed by atoms with Crippen LogP contribution in [0.2, 0.25) is 0 Å². The number of fused-ring (bicyclic) bond motifs is 6. The van der Waals surface area contributed by atoms with Crippen LogP contribution in [0.15, 0.2) is 140 Å². The van der Waals surface area contributed by atoms with Crippen molar-refractivity contribution in [3.05, 3.63) is 151 Å². The summed E-state index contributed by atoms with van der Waals surface area (Å²) in [4.78, 5) is 3.94. The Morgan fingerprint density at radius 1 is 0.425 bits per heavy atom. The summed E-state index contributed by atoms with van der Waals surface area (Å²) in [5.74, 6) is 0. The second kappa shape index (κ2) is 8.73. The molecule has 0 aliphatic rings. The molecule has 3 heteroatoms. The fourth-order valence-corrected chi connectivity index (χ4v) is 6.22. The summed E-state index contributed by atoms with van der Waals surface area (Å²) < 4.78 is 4.67. The zero-order valence-electron chi connectivity index (χ0n) is 21.6.